The van der Waals surface area contributed by atoms with Crippen molar-refractivity contribution < 1.29 is 23.2 Å². The molecule has 1 heterocycles. The predicted octanol–water partition coefficient (Wildman–Crippen LogP) is 3.13. The van der Waals surface area contributed by atoms with Gasteiger partial charge in [0.2, 0.25) is 0 Å². The fourth-order valence-corrected chi connectivity index (χ4v) is 2.72. The molecule has 1 aromatic heterocycles. The van der Waals surface area contributed by atoms with E-state index in [-0.39, 0.29) is 29.1 Å². The minimum atomic E-state index is -1.10. The molecule has 8 heteroatoms. The highest BCUT2D eigenvalue weighted by Gasteiger charge is 2.28. The van der Waals surface area contributed by atoms with E-state index in [1.807, 2.05) is 13.8 Å². The molecule has 0 aliphatic rings. The standard InChI is InChI=1S/C19H17F2N3O3.C2H6/c1-5-8-22-19(27)17(25)15-10(2)16(24(4)11(15)3)18(26)23-12-6-7-13(20)14(21)9-12;1-2/h1,6-7,9H,8H2,2-4H3,(H,22,27)(H,23,26);1-2H3. The maximum Gasteiger partial charge on any atom is 0.293 e. The van der Waals surface area contributed by atoms with Crippen LogP contribution < -0.4 is 10.6 Å². The molecule has 154 valence electrons. The van der Waals surface area contributed by atoms with Crippen LogP contribution in [0.15, 0.2) is 18.2 Å². The van der Waals surface area contributed by atoms with E-state index in [4.69, 9.17) is 6.42 Å². The van der Waals surface area contributed by atoms with Gasteiger partial charge in [0.15, 0.2) is 11.6 Å². The quantitative estimate of drug-likeness (QED) is 0.457. The van der Waals surface area contributed by atoms with Gasteiger partial charge in [0, 0.05) is 24.5 Å². The van der Waals surface area contributed by atoms with Gasteiger partial charge in [-0.25, -0.2) is 8.78 Å². The molecule has 0 unspecified atom stereocenters. The van der Waals surface area contributed by atoms with E-state index in [1.54, 1.807) is 14.0 Å². The largest absolute Gasteiger partial charge is 0.343 e. The number of halogens is 2. The summed E-state index contributed by atoms with van der Waals surface area (Å²) in [4.78, 5) is 36.9. The van der Waals surface area contributed by atoms with Gasteiger partial charge in [-0.05, 0) is 31.5 Å². The average Bonchev–Trinajstić information content (AvgIpc) is 2.92. The van der Waals surface area contributed by atoms with Gasteiger partial charge in [-0.15, -0.1) is 6.42 Å². The van der Waals surface area contributed by atoms with Crippen LogP contribution in [0.3, 0.4) is 0 Å². The Labute approximate surface area is 168 Å². The minimum absolute atomic E-state index is 0.0526. The molecule has 0 bridgehead atoms. The number of amides is 2. The van der Waals surface area contributed by atoms with Crippen molar-refractivity contribution in [1.82, 2.24) is 9.88 Å². The molecule has 2 amide bonds. The van der Waals surface area contributed by atoms with Crippen LogP contribution in [0.4, 0.5) is 14.5 Å². The van der Waals surface area contributed by atoms with Crippen molar-refractivity contribution in [1.29, 1.82) is 0 Å². The predicted molar refractivity (Wildman–Crippen MR) is 107 cm³/mol. The zero-order chi connectivity index (χ0) is 22.3. The number of carbonyl (C=O) groups excluding carboxylic acids is 3. The van der Waals surface area contributed by atoms with Crippen molar-refractivity contribution in [2.24, 2.45) is 7.05 Å². The molecule has 0 saturated carbocycles. The van der Waals surface area contributed by atoms with E-state index in [0.29, 0.717) is 5.69 Å². The van der Waals surface area contributed by atoms with Gasteiger partial charge in [-0.3, -0.25) is 14.4 Å². The lowest BCUT2D eigenvalue weighted by atomic mass is 10.0. The third kappa shape index (κ3) is 5.08. The Kier molecular flexibility index (Phi) is 8.27. The molecule has 0 fully saturated rings. The number of ketones is 1. The number of nitrogens with one attached hydrogen (secondary N) is 2. The Bertz CT molecular complexity index is 988. The van der Waals surface area contributed by atoms with Crippen LogP contribution in [0.25, 0.3) is 0 Å². The number of hydrogen-bond donors (Lipinski definition) is 2. The lowest BCUT2D eigenvalue weighted by Crippen LogP contribution is -2.31. The van der Waals surface area contributed by atoms with Gasteiger partial charge < -0.3 is 15.2 Å². The van der Waals surface area contributed by atoms with Crippen LogP contribution in [0.1, 0.15) is 46.0 Å². The second-order valence-corrected chi connectivity index (χ2v) is 5.79. The summed E-state index contributed by atoms with van der Waals surface area (Å²) < 4.78 is 27.8. The van der Waals surface area contributed by atoms with Crippen LogP contribution in [0, 0.1) is 37.8 Å². The Morgan fingerprint density at radius 1 is 1.14 bits per heavy atom. The summed E-state index contributed by atoms with van der Waals surface area (Å²) in [6.07, 6.45) is 5.05. The second kappa shape index (κ2) is 10.2. The lowest BCUT2D eigenvalue weighted by molar-refractivity contribution is -0.116. The van der Waals surface area contributed by atoms with E-state index in [0.717, 1.165) is 12.1 Å². The van der Waals surface area contributed by atoms with Gasteiger partial charge in [0.1, 0.15) is 5.69 Å². The van der Waals surface area contributed by atoms with Crippen molar-refractivity contribution in [3.8, 4) is 12.3 Å². The number of hydrogen-bond acceptors (Lipinski definition) is 3. The Morgan fingerprint density at radius 3 is 2.31 bits per heavy atom. The molecule has 0 atom stereocenters. The number of Topliss-reactive ketones (excluding diaryl/α,β-unsaturated/α-hetero) is 1. The first-order valence-electron chi connectivity index (χ1n) is 8.87. The summed E-state index contributed by atoms with van der Waals surface area (Å²) in [6.45, 7) is 7.01. The molecular formula is C21H23F2N3O3. The first-order valence-corrected chi connectivity index (χ1v) is 8.87. The van der Waals surface area contributed by atoms with Crippen molar-refractivity contribution >= 4 is 23.3 Å². The normalized spacial score (nSPS) is 9.72. The lowest BCUT2D eigenvalue weighted by Gasteiger charge is -2.08. The summed E-state index contributed by atoms with van der Waals surface area (Å²) in [5.41, 5.74) is 0.948. The molecular weight excluding hydrogens is 380 g/mol. The maximum atomic E-state index is 13.3. The molecule has 2 N–H and O–H groups in total. The molecule has 2 rings (SSSR count). The fraction of sp³-hybridized carbons (Fsp3) is 0.286. The topological polar surface area (TPSA) is 80.2 Å². The third-order valence-corrected chi connectivity index (χ3v) is 4.11. The zero-order valence-electron chi connectivity index (χ0n) is 16.9. The number of anilines is 1. The Balaban J connectivity index is 0.00000204. The van der Waals surface area contributed by atoms with Gasteiger partial charge >= 0.3 is 0 Å². The molecule has 29 heavy (non-hydrogen) atoms. The molecule has 0 radical (unpaired) electrons. The van der Waals surface area contributed by atoms with Gasteiger partial charge in [0.25, 0.3) is 17.6 Å². The molecule has 2 aromatic rings. The van der Waals surface area contributed by atoms with Crippen molar-refractivity contribution in [2.75, 3.05) is 11.9 Å². The number of rotatable bonds is 5. The van der Waals surface area contributed by atoms with Crippen molar-refractivity contribution in [3.63, 3.8) is 0 Å². The van der Waals surface area contributed by atoms with Crippen LogP contribution >= 0.6 is 0 Å². The van der Waals surface area contributed by atoms with Gasteiger partial charge in [-0.2, -0.15) is 0 Å². The fourth-order valence-electron chi connectivity index (χ4n) is 2.72. The summed E-state index contributed by atoms with van der Waals surface area (Å²) in [5.74, 6) is -2.27. The average molecular weight is 403 g/mol. The number of terminal acetylenes is 1. The zero-order valence-corrected chi connectivity index (χ0v) is 16.9. The van der Waals surface area contributed by atoms with Crippen LogP contribution in [-0.2, 0) is 11.8 Å². The Morgan fingerprint density at radius 2 is 1.76 bits per heavy atom. The number of nitrogens with zero attached hydrogens (tertiary/aromatic N) is 1. The third-order valence-electron chi connectivity index (χ3n) is 4.11. The molecule has 6 nitrogen and oxygen atoms in total. The van der Waals surface area contributed by atoms with E-state index >= 15 is 0 Å². The Hall–Kier alpha value is -3.47. The summed E-state index contributed by atoms with van der Waals surface area (Å²) >= 11 is 0. The van der Waals surface area contributed by atoms with Crippen molar-refractivity contribution in [3.05, 3.63) is 52.3 Å². The minimum Gasteiger partial charge on any atom is -0.343 e. The van der Waals surface area contributed by atoms with Crippen molar-refractivity contribution in [2.45, 2.75) is 27.7 Å². The van der Waals surface area contributed by atoms with E-state index in [9.17, 15) is 23.2 Å². The summed E-state index contributed by atoms with van der Waals surface area (Å²) in [5, 5.41) is 4.73. The first kappa shape index (κ1) is 23.6. The monoisotopic (exact) mass is 403 g/mol. The smallest absolute Gasteiger partial charge is 0.293 e. The molecule has 0 aliphatic heterocycles. The van der Waals surface area contributed by atoms with Crippen LogP contribution in [-0.4, -0.2) is 28.7 Å². The van der Waals surface area contributed by atoms with E-state index in [2.05, 4.69) is 16.6 Å². The number of benzene rings is 1. The summed E-state index contributed by atoms with van der Waals surface area (Å²) in [7, 11) is 1.55. The highest BCUT2D eigenvalue weighted by molar-refractivity contribution is 6.43. The van der Waals surface area contributed by atoms with Crippen LogP contribution in [0.2, 0.25) is 0 Å². The molecule has 0 aliphatic carbocycles. The number of aromatic nitrogens is 1. The molecule has 1 aromatic carbocycles. The van der Waals surface area contributed by atoms with Gasteiger partial charge in [0.05, 0.1) is 12.1 Å². The highest BCUT2D eigenvalue weighted by Crippen LogP contribution is 2.23. The molecule has 0 spiro atoms. The summed E-state index contributed by atoms with van der Waals surface area (Å²) in [6, 6.07) is 2.94. The highest BCUT2D eigenvalue weighted by atomic mass is 19.2. The first-order chi connectivity index (χ1) is 13.7. The van der Waals surface area contributed by atoms with E-state index in [1.165, 1.54) is 17.6 Å². The maximum absolute atomic E-state index is 13.3. The van der Waals surface area contributed by atoms with E-state index < -0.39 is 29.2 Å². The SMILES string of the molecule is C#CCNC(=O)C(=O)c1c(C)c(C(=O)Nc2ccc(F)c(F)c2)n(C)c1C.CC. The van der Waals surface area contributed by atoms with Gasteiger partial charge in [-0.1, -0.05) is 19.8 Å². The van der Waals surface area contributed by atoms with Crippen LogP contribution in [0.5, 0.6) is 0 Å². The molecule has 0 saturated heterocycles. The second-order valence-electron chi connectivity index (χ2n) is 5.79. The number of carbonyl (C=O) groups is 3.